The molecule has 1 amide bonds. The summed E-state index contributed by atoms with van der Waals surface area (Å²) in [6, 6.07) is 17.7. The van der Waals surface area contributed by atoms with Gasteiger partial charge in [-0.05, 0) is 23.6 Å². The zero-order valence-electron chi connectivity index (χ0n) is 14.0. The van der Waals surface area contributed by atoms with E-state index in [9.17, 15) is 9.18 Å². The number of ether oxygens (including phenoxy) is 1. The van der Waals surface area contributed by atoms with Gasteiger partial charge in [-0.3, -0.25) is 4.84 Å². The first-order valence-electron chi connectivity index (χ1n) is 8.12. The van der Waals surface area contributed by atoms with Gasteiger partial charge in [-0.2, -0.15) is 5.06 Å². The Morgan fingerprint density at radius 1 is 1.16 bits per heavy atom. The average Bonchev–Trinajstić information content (AvgIpc) is 2.66. The lowest BCUT2D eigenvalue weighted by Gasteiger charge is -2.39. The third-order valence-corrected chi connectivity index (χ3v) is 4.25. The van der Waals surface area contributed by atoms with E-state index in [0.717, 1.165) is 10.6 Å². The Hall–Kier alpha value is -2.66. The molecule has 2 aromatic rings. The van der Waals surface area contributed by atoms with Crippen LogP contribution in [0.25, 0.3) is 0 Å². The molecule has 0 N–H and O–H groups in total. The van der Waals surface area contributed by atoms with Crippen LogP contribution < -0.4 is 0 Å². The highest BCUT2D eigenvalue weighted by molar-refractivity contribution is 5.67. The SMILES string of the molecule is C=C1[C@@H](C)N(C(=O)OCc2ccccc2)O[C@@H](c2ccccc2)[C@H]1F. The number of carbonyl (C=O) groups is 1. The van der Waals surface area contributed by atoms with Gasteiger partial charge in [-0.15, -0.1) is 0 Å². The molecule has 2 aromatic carbocycles. The van der Waals surface area contributed by atoms with Crippen molar-refractivity contribution in [1.29, 1.82) is 0 Å². The van der Waals surface area contributed by atoms with Crippen LogP contribution in [0, 0.1) is 0 Å². The molecule has 1 saturated heterocycles. The minimum atomic E-state index is -1.39. The van der Waals surface area contributed by atoms with Crippen LogP contribution >= 0.6 is 0 Å². The molecule has 0 bridgehead atoms. The number of benzene rings is 2. The van der Waals surface area contributed by atoms with Crippen molar-refractivity contribution in [3.05, 3.63) is 83.9 Å². The largest absolute Gasteiger partial charge is 0.443 e. The molecule has 0 radical (unpaired) electrons. The number of rotatable bonds is 3. The summed E-state index contributed by atoms with van der Waals surface area (Å²) in [5.74, 6) is 0. The highest BCUT2D eigenvalue weighted by Gasteiger charge is 2.41. The molecule has 0 aliphatic carbocycles. The summed E-state index contributed by atoms with van der Waals surface area (Å²) in [4.78, 5) is 18.1. The predicted octanol–water partition coefficient (Wildman–Crippen LogP) is 4.59. The van der Waals surface area contributed by atoms with Gasteiger partial charge in [0.25, 0.3) is 0 Å². The molecule has 0 spiro atoms. The van der Waals surface area contributed by atoms with E-state index >= 15 is 0 Å². The molecule has 0 aromatic heterocycles. The zero-order chi connectivity index (χ0) is 17.8. The third-order valence-electron chi connectivity index (χ3n) is 4.25. The van der Waals surface area contributed by atoms with E-state index in [1.54, 1.807) is 31.2 Å². The van der Waals surface area contributed by atoms with Gasteiger partial charge < -0.3 is 4.74 Å². The first kappa shape index (κ1) is 17.2. The van der Waals surface area contributed by atoms with Crippen LogP contribution in [-0.4, -0.2) is 23.4 Å². The fraction of sp³-hybridized carbons (Fsp3) is 0.250. The lowest BCUT2D eigenvalue weighted by Crippen LogP contribution is -2.48. The van der Waals surface area contributed by atoms with E-state index in [2.05, 4.69) is 6.58 Å². The number of nitrogens with zero attached hydrogens (tertiary/aromatic N) is 1. The van der Waals surface area contributed by atoms with Crippen LogP contribution in [0.1, 0.15) is 24.2 Å². The van der Waals surface area contributed by atoms with Crippen molar-refractivity contribution in [2.45, 2.75) is 31.8 Å². The molecule has 5 heteroatoms. The monoisotopic (exact) mass is 341 g/mol. The molecule has 3 atom stereocenters. The highest BCUT2D eigenvalue weighted by atomic mass is 19.1. The Balaban J connectivity index is 1.73. The second-order valence-corrected chi connectivity index (χ2v) is 5.96. The fourth-order valence-electron chi connectivity index (χ4n) is 2.70. The van der Waals surface area contributed by atoms with Crippen molar-refractivity contribution in [1.82, 2.24) is 5.06 Å². The average molecular weight is 341 g/mol. The Kier molecular flexibility index (Phi) is 5.14. The Labute approximate surface area is 146 Å². The summed E-state index contributed by atoms with van der Waals surface area (Å²) in [6.07, 6.45) is -2.98. The smallest absolute Gasteiger partial charge is 0.434 e. The number of carbonyl (C=O) groups excluding carboxylic acids is 1. The Morgan fingerprint density at radius 2 is 1.76 bits per heavy atom. The van der Waals surface area contributed by atoms with Gasteiger partial charge in [0.15, 0.2) is 6.17 Å². The maximum atomic E-state index is 14.7. The third kappa shape index (κ3) is 3.72. The summed E-state index contributed by atoms with van der Waals surface area (Å²) in [7, 11) is 0. The topological polar surface area (TPSA) is 38.8 Å². The van der Waals surface area contributed by atoms with Gasteiger partial charge in [-0.1, -0.05) is 67.2 Å². The maximum Gasteiger partial charge on any atom is 0.434 e. The number of amides is 1. The summed E-state index contributed by atoms with van der Waals surface area (Å²) >= 11 is 0. The summed E-state index contributed by atoms with van der Waals surface area (Å²) in [6.45, 7) is 5.58. The number of hydrogen-bond acceptors (Lipinski definition) is 3. The normalized spacial score (nSPS) is 23.4. The van der Waals surface area contributed by atoms with Crippen LogP contribution in [-0.2, 0) is 16.2 Å². The van der Waals surface area contributed by atoms with Gasteiger partial charge in [0.1, 0.15) is 12.7 Å². The summed E-state index contributed by atoms with van der Waals surface area (Å²) in [5.41, 5.74) is 1.79. The fourth-order valence-corrected chi connectivity index (χ4v) is 2.70. The van der Waals surface area contributed by atoms with Gasteiger partial charge >= 0.3 is 6.09 Å². The molecule has 1 heterocycles. The first-order chi connectivity index (χ1) is 12.1. The highest BCUT2D eigenvalue weighted by Crippen LogP contribution is 2.36. The maximum absolute atomic E-state index is 14.7. The van der Waals surface area contributed by atoms with Gasteiger partial charge in [0.2, 0.25) is 0 Å². The lowest BCUT2D eigenvalue weighted by atomic mass is 9.95. The number of alkyl halides is 1. The van der Waals surface area contributed by atoms with Crippen molar-refractivity contribution in [3.8, 4) is 0 Å². The van der Waals surface area contributed by atoms with Crippen molar-refractivity contribution in [2.24, 2.45) is 0 Å². The molecule has 0 saturated carbocycles. The van der Waals surface area contributed by atoms with E-state index in [4.69, 9.17) is 9.57 Å². The minimum absolute atomic E-state index is 0.119. The molecule has 1 aliphatic heterocycles. The Morgan fingerprint density at radius 3 is 2.40 bits per heavy atom. The van der Waals surface area contributed by atoms with Crippen molar-refractivity contribution in [2.75, 3.05) is 0 Å². The molecule has 0 unspecified atom stereocenters. The van der Waals surface area contributed by atoms with E-state index in [0.29, 0.717) is 5.56 Å². The summed E-state index contributed by atoms with van der Waals surface area (Å²) < 4.78 is 20.0. The number of hydrogen-bond donors (Lipinski definition) is 0. The van der Waals surface area contributed by atoms with Gasteiger partial charge in [0, 0.05) is 0 Å². The van der Waals surface area contributed by atoms with Crippen LogP contribution in [0.15, 0.2) is 72.8 Å². The molecule has 1 fully saturated rings. The van der Waals surface area contributed by atoms with Crippen LogP contribution in [0.2, 0.25) is 0 Å². The molecule has 130 valence electrons. The van der Waals surface area contributed by atoms with Crippen LogP contribution in [0.3, 0.4) is 0 Å². The van der Waals surface area contributed by atoms with Crippen molar-refractivity contribution < 1.29 is 18.8 Å². The second kappa shape index (κ2) is 7.49. The summed E-state index contributed by atoms with van der Waals surface area (Å²) in [5, 5.41) is 1.07. The van der Waals surface area contributed by atoms with Crippen molar-refractivity contribution >= 4 is 6.09 Å². The van der Waals surface area contributed by atoms with E-state index in [-0.39, 0.29) is 12.2 Å². The molecule has 25 heavy (non-hydrogen) atoms. The lowest BCUT2D eigenvalue weighted by molar-refractivity contribution is -0.225. The van der Waals surface area contributed by atoms with E-state index in [1.807, 2.05) is 36.4 Å². The number of hydroxylamine groups is 2. The Bertz CT molecular complexity index is 735. The van der Waals surface area contributed by atoms with E-state index in [1.165, 1.54) is 0 Å². The molecular formula is C20H20FNO3. The first-order valence-corrected chi connectivity index (χ1v) is 8.12. The van der Waals surface area contributed by atoms with Crippen molar-refractivity contribution in [3.63, 3.8) is 0 Å². The standard InChI is InChI=1S/C20H20FNO3/c1-14-15(2)22(20(23)24-13-16-9-5-3-6-10-16)25-19(18(14)21)17-11-7-4-8-12-17/h3-12,15,18-19H,1,13H2,2H3/t15-,18+,19+/m1/s1. The molecule has 3 rings (SSSR count). The zero-order valence-corrected chi connectivity index (χ0v) is 14.0. The molecular weight excluding hydrogens is 321 g/mol. The second-order valence-electron chi connectivity index (χ2n) is 5.96. The van der Waals surface area contributed by atoms with E-state index < -0.39 is 24.4 Å². The molecule has 4 nitrogen and oxygen atoms in total. The quantitative estimate of drug-likeness (QED) is 0.766. The van der Waals surface area contributed by atoms with Gasteiger partial charge in [-0.25, -0.2) is 9.18 Å². The van der Waals surface area contributed by atoms with Gasteiger partial charge in [0.05, 0.1) is 6.04 Å². The molecule has 1 aliphatic rings. The van der Waals surface area contributed by atoms with Crippen LogP contribution in [0.4, 0.5) is 9.18 Å². The minimum Gasteiger partial charge on any atom is -0.443 e. The predicted molar refractivity (Wildman–Crippen MR) is 92.2 cm³/mol. The van der Waals surface area contributed by atoms with Crippen LogP contribution in [0.5, 0.6) is 0 Å². The number of halogens is 1.